The van der Waals surface area contributed by atoms with Crippen molar-refractivity contribution in [2.24, 2.45) is 0 Å². The standard InChI is InChI=1S/C12H15N5O3S/c1-17(2)21(19,20)9-5-3-8(4-6-9)14-12(18)10-7-11(13)16-15-10/h3-7H,1-2H3,(H,14,18)(H3,13,15,16). The number of carbonyl (C=O) groups excluding carboxylic acids is 1. The van der Waals surface area contributed by atoms with Crippen LogP contribution >= 0.6 is 0 Å². The second-order valence-electron chi connectivity index (χ2n) is 4.47. The minimum Gasteiger partial charge on any atom is -0.382 e. The zero-order valence-corrected chi connectivity index (χ0v) is 12.3. The van der Waals surface area contributed by atoms with Crippen LogP contribution in [0.2, 0.25) is 0 Å². The van der Waals surface area contributed by atoms with Crippen LogP contribution in [0.4, 0.5) is 11.5 Å². The van der Waals surface area contributed by atoms with Gasteiger partial charge in [-0.05, 0) is 24.3 Å². The Kier molecular flexibility index (Phi) is 3.96. The van der Waals surface area contributed by atoms with Gasteiger partial charge in [0.25, 0.3) is 5.91 Å². The summed E-state index contributed by atoms with van der Waals surface area (Å²) < 4.78 is 24.9. The summed E-state index contributed by atoms with van der Waals surface area (Å²) in [6.07, 6.45) is 0. The predicted molar refractivity (Wildman–Crippen MR) is 78.3 cm³/mol. The number of aromatic amines is 1. The van der Waals surface area contributed by atoms with Crippen molar-refractivity contribution < 1.29 is 13.2 Å². The number of nitrogens with zero attached hydrogens (tertiary/aromatic N) is 2. The third-order valence-corrected chi connectivity index (χ3v) is 4.56. The van der Waals surface area contributed by atoms with E-state index in [9.17, 15) is 13.2 Å². The zero-order valence-electron chi connectivity index (χ0n) is 11.5. The number of hydrogen-bond acceptors (Lipinski definition) is 5. The van der Waals surface area contributed by atoms with Crippen molar-refractivity contribution in [2.45, 2.75) is 4.90 Å². The van der Waals surface area contributed by atoms with Gasteiger partial charge in [0.1, 0.15) is 11.5 Å². The maximum Gasteiger partial charge on any atom is 0.273 e. The monoisotopic (exact) mass is 309 g/mol. The quantitative estimate of drug-likeness (QED) is 0.759. The van der Waals surface area contributed by atoms with Gasteiger partial charge < -0.3 is 11.1 Å². The minimum absolute atomic E-state index is 0.149. The van der Waals surface area contributed by atoms with Gasteiger partial charge in [-0.3, -0.25) is 9.89 Å². The van der Waals surface area contributed by atoms with Crippen LogP contribution in [-0.4, -0.2) is 42.9 Å². The molecule has 2 aromatic rings. The Morgan fingerprint density at radius 1 is 1.29 bits per heavy atom. The van der Waals surface area contributed by atoms with E-state index in [2.05, 4.69) is 15.5 Å². The molecule has 9 heteroatoms. The Morgan fingerprint density at radius 3 is 2.38 bits per heavy atom. The Balaban J connectivity index is 2.15. The van der Waals surface area contributed by atoms with Crippen molar-refractivity contribution in [1.82, 2.24) is 14.5 Å². The molecule has 0 saturated heterocycles. The highest BCUT2D eigenvalue weighted by Gasteiger charge is 2.17. The number of nitrogens with one attached hydrogen (secondary N) is 2. The van der Waals surface area contributed by atoms with Crippen LogP contribution in [-0.2, 0) is 10.0 Å². The smallest absolute Gasteiger partial charge is 0.273 e. The number of benzene rings is 1. The summed E-state index contributed by atoms with van der Waals surface area (Å²) in [5.74, 6) is -0.199. The SMILES string of the molecule is CN(C)S(=O)(=O)c1ccc(NC(=O)c2cc(N)n[nH]2)cc1. The van der Waals surface area contributed by atoms with E-state index in [1.54, 1.807) is 0 Å². The van der Waals surface area contributed by atoms with Gasteiger partial charge in [0, 0.05) is 25.8 Å². The largest absolute Gasteiger partial charge is 0.382 e. The van der Waals surface area contributed by atoms with E-state index < -0.39 is 15.9 Å². The highest BCUT2D eigenvalue weighted by atomic mass is 32.2. The Labute approximate surface area is 122 Å². The van der Waals surface area contributed by atoms with Gasteiger partial charge in [-0.15, -0.1) is 0 Å². The number of sulfonamides is 1. The van der Waals surface area contributed by atoms with E-state index in [-0.39, 0.29) is 16.4 Å². The number of nitrogen functional groups attached to an aromatic ring is 1. The summed E-state index contributed by atoms with van der Waals surface area (Å²) in [4.78, 5) is 12.0. The lowest BCUT2D eigenvalue weighted by Crippen LogP contribution is -2.22. The van der Waals surface area contributed by atoms with Crippen LogP contribution in [0.25, 0.3) is 0 Å². The first-order chi connectivity index (χ1) is 9.80. The molecule has 112 valence electrons. The van der Waals surface area contributed by atoms with E-state index >= 15 is 0 Å². The molecule has 0 aliphatic rings. The highest BCUT2D eigenvalue weighted by molar-refractivity contribution is 7.89. The first kappa shape index (κ1) is 15.0. The normalized spacial score (nSPS) is 11.6. The Morgan fingerprint density at radius 2 is 1.90 bits per heavy atom. The minimum atomic E-state index is -3.48. The number of aromatic nitrogens is 2. The molecule has 0 bridgehead atoms. The van der Waals surface area contributed by atoms with Gasteiger partial charge in [-0.2, -0.15) is 5.10 Å². The molecule has 1 aromatic heterocycles. The average molecular weight is 309 g/mol. The van der Waals surface area contributed by atoms with Crippen molar-refractivity contribution in [3.05, 3.63) is 36.0 Å². The number of amides is 1. The van der Waals surface area contributed by atoms with Crippen LogP contribution in [0.1, 0.15) is 10.5 Å². The van der Waals surface area contributed by atoms with Crippen molar-refractivity contribution in [3.8, 4) is 0 Å². The fourth-order valence-electron chi connectivity index (χ4n) is 1.57. The molecule has 0 spiro atoms. The molecule has 0 atom stereocenters. The molecule has 2 rings (SSSR count). The first-order valence-corrected chi connectivity index (χ1v) is 7.39. The van der Waals surface area contributed by atoms with Crippen molar-refractivity contribution in [3.63, 3.8) is 0 Å². The summed E-state index contributed by atoms with van der Waals surface area (Å²) in [6, 6.07) is 7.26. The lowest BCUT2D eigenvalue weighted by Gasteiger charge is -2.11. The molecule has 0 fully saturated rings. The van der Waals surface area contributed by atoms with E-state index in [4.69, 9.17) is 5.73 Å². The summed E-state index contributed by atoms with van der Waals surface area (Å²) in [7, 11) is -0.579. The number of carbonyl (C=O) groups is 1. The molecule has 21 heavy (non-hydrogen) atoms. The maximum absolute atomic E-state index is 11.9. The third kappa shape index (κ3) is 3.20. The lowest BCUT2D eigenvalue weighted by molar-refractivity contribution is 0.102. The number of H-pyrrole nitrogens is 1. The van der Waals surface area contributed by atoms with Crippen LogP contribution in [0.5, 0.6) is 0 Å². The summed E-state index contributed by atoms with van der Waals surface area (Å²) >= 11 is 0. The highest BCUT2D eigenvalue weighted by Crippen LogP contribution is 2.17. The second kappa shape index (κ2) is 5.54. The van der Waals surface area contributed by atoms with Gasteiger partial charge in [0.2, 0.25) is 10.0 Å². The lowest BCUT2D eigenvalue weighted by atomic mass is 10.3. The van der Waals surface area contributed by atoms with Crippen molar-refractivity contribution in [2.75, 3.05) is 25.1 Å². The molecular weight excluding hydrogens is 294 g/mol. The molecule has 1 amide bonds. The topological polar surface area (TPSA) is 121 Å². The predicted octanol–water partition coefficient (Wildman–Crippen LogP) is 0.494. The maximum atomic E-state index is 11.9. The van der Waals surface area contributed by atoms with Crippen molar-refractivity contribution in [1.29, 1.82) is 0 Å². The molecule has 0 radical (unpaired) electrons. The number of hydrogen-bond donors (Lipinski definition) is 3. The molecule has 0 saturated carbocycles. The number of nitrogens with two attached hydrogens (primary N) is 1. The summed E-state index contributed by atoms with van der Waals surface area (Å²) in [5.41, 5.74) is 6.10. The Bertz CT molecular complexity index is 749. The fraction of sp³-hybridized carbons (Fsp3) is 0.167. The molecule has 4 N–H and O–H groups in total. The first-order valence-electron chi connectivity index (χ1n) is 5.95. The van der Waals surface area contributed by atoms with E-state index in [0.29, 0.717) is 5.69 Å². The van der Waals surface area contributed by atoms with Crippen LogP contribution < -0.4 is 11.1 Å². The van der Waals surface area contributed by atoms with Crippen LogP contribution in [0.15, 0.2) is 35.2 Å². The Hall–Kier alpha value is -2.39. The number of rotatable bonds is 4. The molecule has 1 aromatic carbocycles. The summed E-state index contributed by atoms with van der Waals surface area (Å²) in [6.45, 7) is 0. The van der Waals surface area contributed by atoms with Gasteiger partial charge in [-0.25, -0.2) is 12.7 Å². The number of anilines is 2. The van der Waals surface area contributed by atoms with Gasteiger partial charge in [0.15, 0.2) is 0 Å². The van der Waals surface area contributed by atoms with E-state index in [0.717, 1.165) is 4.31 Å². The summed E-state index contributed by atoms with van der Waals surface area (Å²) in [5, 5.41) is 8.74. The van der Waals surface area contributed by atoms with E-state index in [1.165, 1.54) is 44.4 Å². The molecule has 0 aliphatic carbocycles. The van der Waals surface area contributed by atoms with Crippen LogP contribution in [0, 0.1) is 0 Å². The van der Waals surface area contributed by atoms with Crippen LogP contribution in [0.3, 0.4) is 0 Å². The molecular formula is C12H15N5O3S. The third-order valence-electron chi connectivity index (χ3n) is 2.73. The molecule has 8 nitrogen and oxygen atoms in total. The van der Waals surface area contributed by atoms with Gasteiger partial charge >= 0.3 is 0 Å². The fourth-order valence-corrected chi connectivity index (χ4v) is 2.47. The van der Waals surface area contributed by atoms with Gasteiger partial charge in [0.05, 0.1) is 4.90 Å². The molecule has 1 heterocycles. The van der Waals surface area contributed by atoms with Gasteiger partial charge in [-0.1, -0.05) is 0 Å². The zero-order chi connectivity index (χ0) is 15.6. The molecule has 0 unspecified atom stereocenters. The second-order valence-corrected chi connectivity index (χ2v) is 6.62. The molecule has 0 aliphatic heterocycles. The van der Waals surface area contributed by atoms with E-state index in [1.807, 2.05) is 0 Å². The average Bonchev–Trinajstić information content (AvgIpc) is 2.86. The van der Waals surface area contributed by atoms with Crippen molar-refractivity contribution >= 4 is 27.4 Å².